The van der Waals surface area contributed by atoms with Crippen LogP contribution in [0.15, 0.2) is 24.3 Å². The van der Waals surface area contributed by atoms with E-state index in [9.17, 15) is 5.11 Å². The number of benzene rings is 1. The van der Waals surface area contributed by atoms with E-state index < -0.39 is 0 Å². The third-order valence-electron chi connectivity index (χ3n) is 3.11. The van der Waals surface area contributed by atoms with Gasteiger partial charge in [-0.1, -0.05) is 24.3 Å². The van der Waals surface area contributed by atoms with Gasteiger partial charge in [-0.3, -0.25) is 0 Å². The molecule has 0 aliphatic carbocycles. The zero-order valence-electron chi connectivity index (χ0n) is 9.15. The Kier molecular flexibility index (Phi) is 3.39. The topological polar surface area (TPSA) is 29.5 Å². The maximum atomic E-state index is 9.70. The van der Waals surface area contributed by atoms with E-state index in [0.717, 1.165) is 31.6 Å². The summed E-state index contributed by atoms with van der Waals surface area (Å²) < 4.78 is 5.36. The van der Waals surface area contributed by atoms with Crippen LogP contribution in [0, 0.1) is 0 Å². The highest BCUT2D eigenvalue weighted by Crippen LogP contribution is 2.31. The number of aliphatic hydroxyl groups is 1. The van der Waals surface area contributed by atoms with Gasteiger partial charge in [0.25, 0.3) is 0 Å². The van der Waals surface area contributed by atoms with Gasteiger partial charge in [0.15, 0.2) is 0 Å². The largest absolute Gasteiger partial charge is 0.389 e. The number of ether oxygens (including phenoxy) is 1. The minimum atomic E-state index is -0.371. The summed E-state index contributed by atoms with van der Waals surface area (Å²) in [6.07, 6.45) is 1.78. The maximum Gasteiger partial charge on any atom is 0.0764 e. The summed E-state index contributed by atoms with van der Waals surface area (Å²) in [6, 6.07) is 8.20. The normalized spacial score (nSPS) is 20.1. The molecule has 1 fully saturated rings. The molecule has 1 aromatic rings. The van der Waals surface area contributed by atoms with Crippen molar-refractivity contribution in [3.05, 3.63) is 35.4 Å². The molecule has 2 rings (SSSR count). The Morgan fingerprint density at radius 3 is 2.60 bits per heavy atom. The highest BCUT2D eigenvalue weighted by atomic mass is 16.5. The molecular weight excluding hydrogens is 188 g/mol. The molecule has 2 heteroatoms. The van der Waals surface area contributed by atoms with Crippen LogP contribution in [0.2, 0.25) is 0 Å². The van der Waals surface area contributed by atoms with E-state index in [1.54, 1.807) is 0 Å². The Hall–Kier alpha value is -0.860. The number of hydrogen-bond acceptors (Lipinski definition) is 2. The Labute approximate surface area is 90.9 Å². The first-order valence-corrected chi connectivity index (χ1v) is 5.63. The minimum Gasteiger partial charge on any atom is -0.389 e. The monoisotopic (exact) mass is 206 g/mol. The van der Waals surface area contributed by atoms with Crippen LogP contribution in [-0.2, 0) is 4.74 Å². The Bertz CT molecular complexity index is 314. The quantitative estimate of drug-likeness (QED) is 0.806. The number of hydrogen-bond donors (Lipinski definition) is 1. The summed E-state index contributed by atoms with van der Waals surface area (Å²) in [6.45, 7) is 3.52. The lowest BCUT2D eigenvalue weighted by Crippen LogP contribution is -2.16. The maximum absolute atomic E-state index is 9.70. The van der Waals surface area contributed by atoms with Gasteiger partial charge in [-0.2, -0.15) is 0 Å². The lowest BCUT2D eigenvalue weighted by atomic mass is 9.87. The smallest absolute Gasteiger partial charge is 0.0764 e. The van der Waals surface area contributed by atoms with Gasteiger partial charge in [-0.15, -0.1) is 0 Å². The molecule has 0 radical (unpaired) electrons. The van der Waals surface area contributed by atoms with E-state index >= 15 is 0 Å². The summed E-state index contributed by atoms with van der Waals surface area (Å²) >= 11 is 0. The summed E-state index contributed by atoms with van der Waals surface area (Å²) in [7, 11) is 0. The molecular formula is C13H18O2. The van der Waals surface area contributed by atoms with Crippen molar-refractivity contribution in [3.63, 3.8) is 0 Å². The van der Waals surface area contributed by atoms with Crippen LogP contribution in [0.1, 0.15) is 42.9 Å². The SMILES string of the molecule is CC(O)c1ccccc1C1CCOCC1. The molecule has 0 spiro atoms. The summed E-state index contributed by atoms with van der Waals surface area (Å²) in [5.41, 5.74) is 2.38. The van der Waals surface area contributed by atoms with E-state index in [1.807, 2.05) is 19.1 Å². The summed E-state index contributed by atoms with van der Waals surface area (Å²) in [5, 5.41) is 9.70. The van der Waals surface area contributed by atoms with Crippen molar-refractivity contribution in [2.24, 2.45) is 0 Å². The molecule has 1 aromatic carbocycles. The van der Waals surface area contributed by atoms with Gasteiger partial charge >= 0.3 is 0 Å². The molecule has 1 atom stereocenters. The molecule has 1 aliphatic heterocycles. The fourth-order valence-electron chi connectivity index (χ4n) is 2.27. The first-order chi connectivity index (χ1) is 7.29. The van der Waals surface area contributed by atoms with Gasteiger partial charge in [-0.25, -0.2) is 0 Å². The third kappa shape index (κ3) is 2.39. The highest BCUT2D eigenvalue weighted by Gasteiger charge is 2.19. The standard InChI is InChI=1S/C13H18O2/c1-10(14)12-4-2-3-5-13(12)11-6-8-15-9-7-11/h2-5,10-11,14H,6-9H2,1H3. The van der Waals surface area contributed by atoms with Crippen LogP contribution in [-0.4, -0.2) is 18.3 Å². The second-order valence-corrected chi connectivity index (χ2v) is 4.19. The molecule has 1 saturated heterocycles. The first-order valence-electron chi connectivity index (χ1n) is 5.63. The zero-order valence-corrected chi connectivity index (χ0v) is 9.15. The average molecular weight is 206 g/mol. The Morgan fingerprint density at radius 1 is 1.27 bits per heavy atom. The van der Waals surface area contributed by atoms with Crippen LogP contribution in [0.3, 0.4) is 0 Å². The second-order valence-electron chi connectivity index (χ2n) is 4.19. The van der Waals surface area contributed by atoms with Crippen molar-refractivity contribution in [1.82, 2.24) is 0 Å². The zero-order chi connectivity index (χ0) is 10.7. The average Bonchev–Trinajstić information content (AvgIpc) is 2.30. The van der Waals surface area contributed by atoms with Crippen LogP contribution in [0.5, 0.6) is 0 Å². The molecule has 1 unspecified atom stereocenters. The molecule has 0 amide bonds. The molecule has 0 aromatic heterocycles. The summed E-state index contributed by atoms with van der Waals surface area (Å²) in [4.78, 5) is 0. The molecule has 1 heterocycles. The van der Waals surface area contributed by atoms with Crippen LogP contribution in [0.4, 0.5) is 0 Å². The predicted molar refractivity (Wildman–Crippen MR) is 59.9 cm³/mol. The summed E-state index contributed by atoms with van der Waals surface area (Å²) in [5.74, 6) is 0.560. The first kappa shape index (κ1) is 10.7. The second kappa shape index (κ2) is 4.77. The molecule has 1 aliphatic rings. The van der Waals surface area contributed by atoms with E-state index in [2.05, 4.69) is 12.1 Å². The van der Waals surface area contributed by atoms with Crippen molar-refractivity contribution in [2.75, 3.05) is 13.2 Å². The van der Waals surface area contributed by atoms with Crippen LogP contribution < -0.4 is 0 Å². The fourth-order valence-corrected chi connectivity index (χ4v) is 2.27. The molecule has 15 heavy (non-hydrogen) atoms. The van der Waals surface area contributed by atoms with Crippen molar-refractivity contribution < 1.29 is 9.84 Å². The van der Waals surface area contributed by atoms with E-state index in [-0.39, 0.29) is 6.10 Å². The van der Waals surface area contributed by atoms with E-state index in [1.165, 1.54) is 5.56 Å². The fraction of sp³-hybridized carbons (Fsp3) is 0.538. The van der Waals surface area contributed by atoms with E-state index in [4.69, 9.17) is 4.74 Å². The molecule has 82 valence electrons. The van der Waals surface area contributed by atoms with Gasteiger partial charge in [0.05, 0.1) is 6.10 Å². The molecule has 2 nitrogen and oxygen atoms in total. The Balaban J connectivity index is 2.25. The van der Waals surface area contributed by atoms with Gasteiger partial charge in [0.1, 0.15) is 0 Å². The van der Waals surface area contributed by atoms with E-state index in [0.29, 0.717) is 5.92 Å². The van der Waals surface area contributed by atoms with Gasteiger partial charge in [0.2, 0.25) is 0 Å². The van der Waals surface area contributed by atoms with Crippen LogP contribution >= 0.6 is 0 Å². The van der Waals surface area contributed by atoms with Gasteiger partial charge < -0.3 is 9.84 Å². The third-order valence-corrected chi connectivity index (χ3v) is 3.11. The lowest BCUT2D eigenvalue weighted by Gasteiger charge is -2.25. The molecule has 0 bridgehead atoms. The van der Waals surface area contributed by atoms with Crippen molar-refractivity contribution in [2.45, 2.75) is 31.8 Å². The van der Waals surface area contributed by atoms with Crippen molar-refractivity contribution >= 4 is 0 Å². The van der Waals surface area contributed by atoms with Crippen molar-refractivity contribution in [3.8, 4) is 0 Å². The van der Waals surface area contributed by atoms with Gasteiger partial charge in [0, 0.05) is 13.2 Å². The van der Waals surface area contributed by atoms with Crippen molar-refractivity contribution in [1.29, 1.82) is 0 Å². The Morgan fingerprint density at radius 2 is 1.93 bits per heavy atom. The minimum absolute atomic E-state index is 0.371. The number of rotatable bonds is 2. The van der Waals surface area contributed by atoms with Crippen LogP contribution in [0.25, 0.3) is 0 Å². The van der Waals surface area contributed by atoms with Gasteiger partial charge in [-0.05, 0) is 36.8 Å². The predicted octanol–water partition coefficient (Wildman–Crippen LogP) is 2.63. The highest BCUT2D eigenvalue weighted by molar-refractivity contribution is 5.32. The molecule has 0 saturated carbocycles. The molecule has 1 N–H and O–H groups in total. The lowest BCUT2D eigenvalue weighted by molar-refractivity contribution is 0.0844. The number of aliphatic hydroxyl groups excluding tert-OH is 1.